The number of quaternary nitrogens is 1. The number of rotatable bonds is 5. The van der Waals surface area contributed by atoms with Crippen molar-refractivity contribution >= 4 is 27.5 Å². The maximum absolute atomic E-state index is 12.0. The Balaban J connectivity index is 1.87. The summed E-state index contributed by atoms with van der Waals surface area (Å²) < 4.78 is 0.909. The molecule has 3 nitrogen and oxygen atoms in total. The Hall–Kier alpha value is -1.65. The third kappa shape index (κ3) is 4.69. The lowest BCUT2D eigenvalue weighted by Crippen LogP contribution is -2.86. The van der Waals surface area contributed by atoms with E-state index in [1.807, 2.05) is 48.6 Å². The molecule has 1 atom stereocenters. The van der Waals surface area contributed by atoms with E-state index in [1.165, 1.54) is 5.56 Å². The smallest absolute Gasteiger partial charge is 0.279 e. The van der Waals surface area contributed by atoms with Gasteiger partial charge in [-0.15, -0.1) is 0 Å². The maximum Gasteiger partial charge on any atom is 0.279 e. The van der Waals surface area contributed by atoms with Crippen LogP contribution >= 0.6 is 15.9 Å². The molecule has 0 heterocycles. The second kappa shape index (κ2) is 7.38. The standard InChI is InChI=1S/C17H19BrN2O/c1-12-8-9-16(15(18)10-12)20-17(21)11-19-13(2)14-6-4-3-5-7-14/h3-10,13,19H,11H2,1-2H3,(H,20,21)/p+1/t13-/m0/s1. The highest BCUT2D eigenvalue weighted by Crippen LogP contribution is 2.23. The van der Waals surface area contributed by atoms with Gasteiger partial charge in [-0.2, -0.15) is 0 Å². The average Bonchev–Trinajstić information content (AvgIpc) is 2.48. The number of halogens is 1. The van der Waals surface area contributed by atoms with Gasteiger partial charge in [-0.1, -0.05) is 36.4 Å². The van der Waals surface area contributed by atoms with Crippen LogP contribution in [0.2, 0.25) is 0 Å². The highest BCUT2D eigenvalue weighted by molar-refractivity contribution is 9.10. The quantitative estimate of drug-likeness (QED) is 0.857. The number of aryl methyl sites for hydroxylation is 1. The highest BCUT2D eigenvalue weighted by Gasteiger charge is 2.12. The summed E-state index contributed by atoms with van der Waals surface area (Å²) in [7, 11) is 0. The molecular weight excluding hydrogens is 328 g/mol. The van der Waals surface area contributed by atoms with E-state index >= 15 is 0 Å². The van der Waals surface area contributed by atoms with Crippen LogP contribution in [0.1, 0.15) is 24.1 Å². The van der Waals surface area contributed by atoms with E-state index in [1.54, 1.807) is 0 Å². The first-order chi connectivity index (χ1) is 10.1. The van der Waals surface area contributed by atoms with Crippen molar-refractivity contribution in [2.75, 3.05) is 11.9 Å². The van der Waals surface area contributed by atoms with Gasteiger partial charge in [0.1, 0.15) is 6.04 Å². The van der Waals surface area contributed by atoms with Crippen molar-refractivity contribution in [1.82, 2.24) is 0 Å². The van der Waals surface area contributed by atoms with Crippen LogP contribution in [0.15, 0.2) is 53.0 Å². The first-order valence-corrected chi connectivity index (χ1v) is 7.80. The minimum Gasteiger partial charge on any atom is -0.333 e. The molecular formula is C17H20BrN2O+. The second-order valence-electron chi connectivity index (χ2n) is 5.17. The van der Waals surface area contributed by atoms with Gasteiger partial charge in [0.25, 0.3) is 5.91 Å². The van der Waals surface area contributed by atoms with Gasteiger partial charge in [0.05, 0.1) is 5.69 Å². The topological polar surface area (TPSA) is 45.7 Å². The van der Waals surface area contributed by atoms with Crippen LogP contribution in [0.5, 0.6) is 0 Å². The molecule has 0 bridgehead atoms. The summed E-state index contributed by atoms with van der Waals surface area (Å²) in [4.78, 5) is 12.0. The monoisotopic (exact) mass is 347 g/mol. The van der Waals surface area contributed by atoms with Crippen molar-refractivity contribution in [1.29, 1.82) is 0 Å². The van der Waals surface area contributed by atoms with Crippen LogP contribution in [0, 0.1) is 6.92 Å². The van der Waals surface area contributed by atoms with Crippen molar-refractivity contribution in [3.8, 4) is 0 Å². The summed E-state index contributed by atoms with van der Waals surface area (Å²) in [6, 6.07) is 16.3. The zero-order valence-corrected chi connectivity index (χ0v) is 13.9. The molecule has 110 valence electrons. The predicted octanol–water partition coefficient (Wildman–Crippen LogP) is 3.02. The molecule has 1 amide bonds. The molecule has 2 aromatic rings. The van der Waals surface area contributed by atoms with Gasteiger partial charge in [0.2, 0.25) is 0 Å². The SMILES string of the molecule is Cc1ccc(NC(=O)C[NH2+][C@@H](C)c2ccccc2)c(Br)c1. The third-order valence-electron chi connectivity index (χ3n) is 3.38. The van der Waals surface area contributed by atoms with E-state index in [4.69, 9.17) is 0 Å². The minimum absolute atomic E-state index is 0.00216. The van der Waals surface area contributed by atoms with Gasteiger partial charge in [-0.25, -0.2) is 0 Å². The van der Waals surface area contributed by atoms with Gasteiger partial charge < -0.3 is 10.6 Å². The van der Waals surface area contributed by atoms with E-state index < -0.39 is 0 Å². The molecule has 4 heteroatoms. The number of anilines is 1. The van der Waals surface area contributed by atoms with Gasteiger partial charge >= 0.3 is 0 Å². The molecule has 0 aliphatic carbocycles. The molecule has 0 saturated carbocycles. The Morgan fingerprint density at radius 1 is 1.24 bits per heavy atom. The van der Waals surface area contributed by atoms with Crippen molar-refractivity contribution in [2.24, 2.45) is 0 Å². The van der Waals surface area contributed by atoms with Crippen molar-refractivity contribution in [3.63, 3.8) is 0 Å². The zero-order valence-electron chi connectivity index (χ0n) is 12.3. The van der Waals surface area contributed by atoms with Gasteiger partial charge in [0.15, 0.2) is 6.54 Å². The Morgan fingerprint density at radius 2 is 1.95 bits per heavy atom. The maximum atomic E-state index is 12.0. The molecule has 0 aromatic heterocycles. The van der Waals surface area contributed by atoms with E-state index in [2.05, 4.69) is 40.3 Å². The molecule has 0 saturated heterocycles. The Morgan fingerprint density at radius 3 is 2.62 bits per heavy atom. The van der Waals surface area contributed by atoms with Crippen LogP contribution in [-0.4, -0.2) is 12.5 Å². The molecule has 2 rings (SSSR count). The van der Waals surface area contributed by atoms with Crippen molar-refractivity contribution < 1.29 is 10.1 Å². The zero-order chi connectivity index (χ0) is 15.2. The van der Waals surface area contributed by atoms with E-state index in [0.29, 0.717) is 6.54 Å². The van der Waals surface area contributed by atoms with Crippen molar-refractivity contribution in [2.45, 2.75) is 19.9 Å². The summed E-state index contributed by atoms with van der Waals surface area (Å²) in [6.07, 6.45) is 0. The predicted molar refractivity (Wildman–Crippen MR) is 89.2 cm³/mol. The largest absolute Gasteiger partial charge is 0.333 e. The van der Waals surface area contributed by atoms with Crippen LogP contribution in [-0.2, 0) is 4.79 Å². The van der Waals surface area contributed by atoms with Gasteiger partial charge in [-0.05, 0) is 47.5 Å². The highest BCUT2D eigenvalue weighted by atomic mass is 79.9. The summed E-state index contributed by atoms with van der Waals surface area (Å²) in [5, 5.41) is 4.96. The second-order valence-corrected chi connectivity index (χ2v) is 6.02. The molecule has 0 aliphatic rings. The van der Waals surface area contributed by atoms with Crippen LogP contribution < -0.4 is 10.6 Å². The Kier molecular flexibility index (Phi) is 5.53. The molecule has 21 heavy (non-hydrogen) atoms. The molecule has 0 aliphatic heterocycles. The number of nitrogens with two attached hydrogens (primary N) is 1. The van der Waals surface area contributed by atoms with Crippen molar-refractivity contribution in [3.05, 3.63) is 64.1 Å². The Bertz CT molecular complexity index is 613. The number of nitrogens with one attached hydrogen (secondary N) is 1. The molecule has 0 fully saturated rings. The number of carbonyl (C=O) groups excluding carboxylic acids is 1. The van der Waals surface area contributed by atoms with Crippen LogP contribution in [0.25, 0.3) is 0 Å². The lowest BCUT2D eigenvalue weighted by Gasteiger charge is -2.12. The number of hydrogen-bond acceptors (Lipinski definition) is 1. The van der Waals surface area contributed by atoms with Gasteiger partial charge in [0, 0.05) is 10.0 Å². The first kappa shape index (κ1) is 15.7. The average molecular weight is 348 g/mol. The molecule has 2 aromatic carbocycles. The molecule has 0 radical (unpaired) electrons. The van der Waals surface area contributed by atoms with E-state index in [-0.39, 0.29) is 11.9 Å². The van der Waals surface area contributed by atoms with E-state index in [0.717, 1.165) is 15.7 Å². The third-order valence-corrected chi connectivity index (χ3v) is 4.04. The first-order valence-electron chi connectivity index (χ1n) is 7.00. The van der Waals surface area contributed by atoms with E-state index in [9.17, 15) is 4.79 Å². The molecule has 3 N–H and O–H groups in total. The summed E-state index contributed by atoms with van der Waals surface area (Å²) >= 11 is 3.47. The molecule has 0 unspecified atom stereocenters. The number of amides is 1. The fraction of sp³-hybridized carbons (Fsp3) is 0.235. The van der Waals surface area contributed by atoms with Crippen LogP contribution in [0.4, 0.5) is 5.69 Å². The summed E-state index contributed by atoms with van der Waals surface area (Å²) in [6.45, 7) is 4.52. The Labute approximate surface area is 133 Å². The minimum atomic E-state index is 0.00216. The lowest BCUT2D eigenvalue weighted by atomic mass is 10.1. The number of benzene rings is 2. The molecule has 0 spiro atoms. The lowest BCUT2D eigenvalue weighted by molar-refractivity contribution is -0.682. The number of hydrogen-bond donors (Lipinski definition) is 2. The number of carbonyl (C=O) groups is 1. The normalized spacial score (nSPS) is 12.0. The fourth-order valence-electron chi connectivity index (χ4n) is 2.10. The van der Waals surface area contributed by atoms with Gasteiger partial charge in [-0.3, -0.25) is 4.79 Å². The summed E-state index contributed by atoms with van der Waals surface area (Å²) in [5.41, 5.74) is 3.19. The summed E-state index contributed by atoms with van der Waals surface area (Å²) in [5.74, 6) is 0.00216. The van der Waals surface area contributed by atoms with Crippen LogP contribution in [0.3, 0.4) is 0 Å². The fourth-order valence-corrected chi connectivity index (χ4v) is 2.69.